The summed E-state index contributed by atoms with van der Waals surface area (Å²) < 4.78 is 5.00. The van der Waals surface area contributed by atoms with Gasteiger partial charge in [0.2, 0.25) is 0 Å². The van der Waals surface area contributed by atoms with E-state index < -0.39 is 0 Å². The van der Waals surface area contributed by atoms with Crippen LogP contribution in [0.15, 0.2) is 66.7 Å². The molecule has 1 nitrogen and oxygen atoms in total. The van der Waals surface area contributed by atoms with Gasteiger partial charge in [0, 0.05) is 18.2 Å². The fraction of sp³-hybridized carbons (Fsp3) is 0.333. The maximum absolute atomic E-state index is 5.00. The first kappa shape index (κ1) is 20.2. The predicted octanol–water partition coefficient (Wildman–Crippen LogP) is 8.14. The summed E-state index contributed by atoms with van der Waals surface area (Å²) in [6.07, 6.45) is 7.83. The van der Waals surface area contributed by atoms with Crippen molar-refractivity contribution in [2.75, 3.05) is 0 Å². The molecule has 1 heteroatoms. The van der Waals surface area contributed by atoms with Crippen molar-refractivity contribution in [3.8, 4) is 22.6 Å². The second kappa shape index (κ2) is 10.1. The zero-order valence-electron chi connectivity index (χ0n) is 17.5. The molecule has 0 spiro atoms. The molecule has 0 aliphatic heterocycles. The molecule has 0 aliphatic rings. The Morgan fingerprint density at radius 1 is 0.714 bits per heavy atom. The zero-order chi connectivity index (χ0) is 19.8. The summed E-state index contributed by atoms with van der Waals surface area (Å²) >= 11 is 0. The fourth-order valence-electron chi connectivity index (χ4n) is 3.91. The molecule has 0 unspecified atom stereocenters. The molecule has 28 heavy (non-hydrogen) atoms. The molecule has 0 heterocycles. The van der Waals surface area contributed by atoms with E-state index in [1.54, 1.807) is 0 Å². The molecular formula is C27H33O+. The standard InChI is InChI=1S/C27H32O/c1-4-5-6-7-11-16-25-21(2)19-24(20-22(25)3)28-27-18-13-12-17-26(27)23-14-9-8-10-15-23/h8-10,12-15,17-20H,4-7,11,16H2,1-3H3/p+1. The second-order valence-corrected chi connectivity index (χ2v) is 7.72. The summed E-state index contributed by atoms with van der Waals surface area (Å²) in [4.78, 5) is 0. The Kier molecular flexibility index (Phi) is 7.31. The summed E-state index contributed by atoms with van der Waals surface area (Å²) in [5.74, 6) is 2.08. The number of aromatic hydroxyl groups is 2. The predicted molar refractivity (Wildman–Crippen MR) is 121 cm³/mol. The van der Waals surface area contributed by atoms with Gasteiger partial charge in [-0.1, -0.05) is 75.1 Å². The molecule has 3 aromatic rings. The Labute approximate surface area is 170 Å². The minimum absolute atomic E-state index is 1.03. The number of rotatable bonds is 9. The van der Waals surface area contributed by atoms with Crippen molar-refractivity contribution in [3.05, 3.63) is 83.4 Å². The van der Waals surface area contributed by atoms with E-state index >= 15 is 0 Å². The number of ether oxygens (including phenoxy) is 1. The molecule has 0 aromatic heterocycles. The first-order chi connectivity index (χ1) is 13.7. The average molecular weight is 374 g/mol. The van der Waals surface area contributed by atoms with Crippen molar-refractivity contribution in [3.63, 3.8) is 0 Å². The third kappa shape index (κ3) is 5.25. The third-order valence-electron chi connectivity index (χ3n) is 5.45. The van der Waals surface area contributed by atoms with Gasteiger partial charge in [-0.25, -0.2) is 0 Å². The average Bonchev–Trinajstić information content (AvgIpc) is 2.71. The van der Waals surface area contributed by atoms with E-state index in [1.807, 2.05) is 0 Å². The Balaban J connectivity index is 1.76. The van der Waals surface area contributed by atoms with Crippen molar-refractivity contribution < 1.29 is 4.74 Å². The number of para-hydroxylation sites is 1. The minimum atomic E-state index is 1.03. The van der Waals surface area contributed by atoms with Crippen LogP contribution < -0.4 is 0 Å². The van der Waals surface area contributed by atoms with E-state index in [9.17, 15) is 0 Å². The van der Waals surface area contributed by atoms with Crippen LogP contribution in [0.3, 0.4) is 0 Å². The largest absolute Gasteiger partial charge is 0.546 e. The SMILES string of the molecule is CCCCCCCc1c(C)cc([OH+]c2ccccc2-c2ccccc2)cc1C. The van der Waals surface area contributed by atoms with Gasteiger partial charge in [-0.05, 0) is 55.0 Å². The van der Waals surface area contributed by atoms with Crippen LogP contribution in [0.4, 0.5) is 0 Å². The third-order valence-corrected chi connectivity index (χ3v) is 5.45. The molecule has 0 atom stereocenters. The normalized spacial score (nSPS) is 10.8. The van der Waals surface area contributed by atoms with Crippen LogP contribution in [0.2, 0.25) is 0 Å². The van der Waals surface area contributed by atoms with Gasteiger partial charge >= 0.3 is 0 Å². The number of hydrogen-bond donors (Lipinski definition) is 0. The molecule has 0 fully saturated rings. The molecule has 1 N–H and O–H groups in total. The van der Waals surface area contributed by atoms with Crippen molar-refractivity contribution in [1.29, 1.82) is 0 Å². The maximum atomic E-state index is 5.00. The van der Waals surface area contributed by atoms with Gasteiger partial charge in [-0.3, -0.25) is 0 Å². The lowest BCUT2D eigenvalue weighted by atomic mass is 9.96. The van der Waals surface area contributed by atoms with E-state index in [0.717, 1.165) is 11.5 Å². The topological polar surface area (TPSA) is 12.8 Å². The van der Waals surface area contributed by atoms with Crippen molar-refractivity contribution in [2.45, 2.75) is 59.3 Å². The lowest BCUT2D eigenvalue weighted by Crippen LogP contribution is -1.96. The van der Waals surface area contributed by atoms with Crippen LogP contribution in [0.1, 0.15) is 55.7 Å². The van der Waals surface area contributed by atoms with Crippen LogP contribution in [-0.4, -0.2) is 4.74 Å². The Hall–Kier alpha value is -2.54. The highest BCUT2D eigenvalue weighted by Gasteiger charge is 2.14. The second-order valence-electron chi connectivity index (χ2n) is 7.72. The first-order valence-corrected chi connectivity index (χ1v) is 10.7. The van der Waals surface area contributed by atoms with Gasteiger partial charge in [0.25, 0.3) is 11.5 Å². The van der Waals surface area contributed by atoms with Crippen molar-refractivity contribution >= 4 is 0 Å². The Bertz CT molecular complexity index is 857. The van der Waals surface area contributed by atoms with Gasteiger partial charge in [-0.15, -0.1) is 0 Å². The molecule has 0 saturated carbocycles. The van der Waals surface area contributed by atoms with Gasteiger partial charge in [0.05, 0.1) is 5.56 Å². The molecule has 0 bridgehead atoms. The molecule has 3 aromatic carbocycles. The highest BCUT2D eigenvalue weighted by Crippen LogP contribution is 2.35. The first-order valence-electron chi connectivity index (χ1n) is 10.7. The van der Waals surface area contributed by atoms with E-state index in [2.05, 4.69) is 87.5 Å². The summed E-state index contributed by atoms with van der Waals surface area (Å²) in [7, 11) is 0. The summed E-state index contributed by atoms with van der Waals surface area (Å²) in [5.41, 5.74) is 6.63. The van der Waals surface area contributed by atoms with Crippen LogP contribution in [0, 0.1) is 13.8 Å². The van der Waals surface area contributed by atoms with Crippen LogP contribution in [-0.2, 0) is 6.42 Å². The zero-order valence-corrected chi connectivity index (χ0v) is 17.5. The van der Waals surface area contributed by atoms with Crippen molar-refractivity contribution in [2.24, 2.45) is 0 Å². The minimum Gasteiger partial charge on any atom is -0.546 e. The van der Waals surface area contributed by atoms with E-state index in [-0.39, 0.29) is 0 Å². The van der Waals surface area contributed by atoms with Gasteiger partial charge in [0.15, 0.2) is 0 Å². The molecule has 0 radical (unpaired) electrons. The number of aryl methyl sites for hydroxylation is 2. The van der Waals surface area contributed by atoms with E-state index in [4.69, 9.17) is 4.74 Å². The highest BCUT2D eigenvalue weighted by molar-refractivity contribution is 5.70. The monoisotopic (exact) mass is 373 g/mol. The smallest absolute Gasteiger partial charge is 0.268 e. The molecule has 0 saturated heterocycles. The van der Waals surface area contributed by atoms with Crippen molar-refractivity contribution in [1.82, 2.24) is 0 Å². The van der Waals surface area contributed by atoms with E-state index in [1.165, 1.54) is 66.3 Å². The Morgan fingerprint density at radius 3 is 2.07 bits per heavy atom. The lowest BCUT2D eigenvalue weighted by Gasteiger charge is -2.13. The van der Waals surface area contributed by atoms with Gasteiger partial charge < -0.3 is 4.74 Å². The summed E-state index contributed by atoms with van der Waals surface area (Å²) in [6, 6.07) is 23.4. The van der Waals surface area contributed by atoms with Gasteiger partial charge in [0.1, 0.15) is 0 Å². The molecule has 146 valence electrons. The maximum Gasteiger partial charge on any atom is 0.268 e. The Morgan fingerprint density at radius 2 is 1.36 bits per heavy atom. The lowest BCUT2D eigenvalue weighted by molar-refractivity contribution is 0.200. The molecule has 0 amide bonds. The number of benzene rings is 3. The van der Waals surface area contributed by atoms with Crippen LogP contribution >= 0.6 is 0 Å². The molecule has 3 rings (SSSR count). The fourth-order valence-corrected chi connectivity index (χ4v) is 3.91. The molecular weight excluding hydrogens is 340 g/mol. The summed E-state index contributed by atoms with van der Waals surface area (Å²) in [5, 5.41) is 0. The number of hydrogen-bond acceptors (Lipinski definition) is 0. The number of unbranched alkanes of at least 4 members (excludes halogenated alkanes) is 4. The van der Waals surface area contributed by atoms with Crippen LogP contribution in [0.25, 0.3) is 11.1 Å². The quantitative estimate of drug-likeness (QED) is 0.265. The summed E-state index contributed by atoms with van der Waals surface area (Å²) in [6.45, 7) is 6.74. The molecule has 0 aliphatic carbocycles. The highest BCUT2D eigenvalue weighted by atomic mass is 16.5. The van der Waals surface area contributed by atoms with Gasteiger partial charge in [-0.2, -0.15) is 0 Å². The van der Waals surface area contributed by atoms with E-state index in [0.29, 0.717) is 0 Å². The van der Waals surface area contributed by atoms with Crippen LogP contribution in [0.5, 0.6) is 11.5 Å².